The van der Waals surface area contributed by atoms with Crippen LogP contribution < -0.4 is 5.73 Å². The van der Waals surface area contributed by atoms with Gasteiger partial charge in [-0.15, -0.1) is 5.10 Å². The Morgan fingerprint density at radius 3 is 2.87 bits per heavy atom. The fourth-order valence-electron chi connectivity index (χ4n) is 1.39. The molecule has 0 saturated heterocycles. The maximum atomic E-state index is 11.3. The minimum Gasteiger partial charge on any atom is -0.461 e. The van der Waals surface area contributed by atoms with Crippen LogP contribution in [-0.4, -0.2) is 22.8 Å². The van der Waals surface area contributed by atoms with Crippen LogP contribution in [0.4, 0.5) is 5.69 Å². The second-order valence-corrected chi connectivity index (χ2v) is 3.56. The van der Waals surface area contributed by atoms with E-state index in [1.54, 1.807) is 13.0 Å². The summed E-state index contributed by atoms with van der Waals surface area (Å²) in [5.74, 6) is -0.0345. The summed E-state index contributed by atoms with van der Waals surface area (Å²) in [5, 5.41) is 7.78. The summed E-state index contributed by atoms with van der Waals surface area (Å²) in [6, 6.07) is 1.54. The second-order valence-electron chi connectivity index (χ2n) is 3.56. The Kier molecular flexibility index (Phi) is 2.53. The van der Waals surface area contributed by atoms with Crippen LogP contribution in [0.2, 0.25) is 0 Å². The van der Waals surface area contributed by atoms with Crippen molar-refractivity contribution in [3.8, 4) is 0 Å². The molecule has 0 atom stereocenters. The van der Waals surface area contributed by atoms with Crippen molar-refractivity contribution < 1.29 is 9.53 Å². The molecular weight excluding hydrogens is 194 g/mol. The fraction of sp³-hybridized carbons (Fsp3) is 0.500. The van der Waals surface area contributed by atoms with E-state index in [4.69, 9.17) is 10.5 Å². The lowest BCUT2D eigenvalue weighted by Crippen LogP contribution is -2.10. The summed E-state index contributed by atoms with van der Waals surface area (Å²) in [6.07, 6.45) is 2.22. The van der Waals surface area contributed by atoms with Crippen molar-refractivity contribution in [3.05, 3.63) is 17.5 Å². The number of hydrogen-bond acceptors (Lipinski definition) is 5. The lowest BCUT2D eigenvalue weighted by atomic mass is 10.2. The van der Waals surface area contributed by atoms with Gasteiger partial charge in [0.05, 0.1) is 18.0 Å². The minimum atomic E-state index is -0.473. The van der Waals surface area contributed by atoms with Crippen LogP contribution >= 0.6 is 0 Å². The number of nitrogens with zero attached hydrogens (tertiary/aromatic N) is 2. The number of carbonyl (C=O) groups is 1. The molecule has 2 rings (SSSR count). The number of rotatable bonds is 3. The molecule has 0 aliphatic heterocycles. The van der Waals surface area contributed by atoms with Crippen molar-refractivity contribution in [1.29, 1.82) is 0 Å². The van der Waals surface area contributed by atoms with Crippen molar-refractivity contribution in [3.63, 3.8) is 0 Å². The van der Waals surface area contributed by atoms with Crippen LogP contribution in [0.3, 0.4) is 0 Å². The Balaban J connectivity index is 2.20. The molecule has 2 N–H and O–H groups in total. The van der Waals surface area contributed by atoms with E-state index in [-0.39, 0.29) is 5.69 Å². The smallest absolute Gasteiger partial charge is 0.358 e. The SMILES string of the molecule is CCOC(=O)c1cc(N)c(C2CC2)nn1. The van der Waals surface area contributed by atoms with E-state index in [1.165, 1.54) is 0 Å². The van der Waals surface area contributed by atoms with Gasteiger partial charge in [-0.25, -0.2) is 4.79 Å². The largest absolute Gasteiger partial charge is 0.461 e. The first-order valence-corrected chi connectivity index (χ1v) is 5.02. The van der Waals surface area contributed by atoms with Gasteiger partial charge < -0.3 is 10.5 Å². The monoisotopic (exact) mass is 207 g/mol. The highest BCUT2D eigenvalue weighted by Gasteiger charge is 2.28. The van der Waals surface area contributed by atoms with E-state index in [1.807, 2.05) is 0 Å². The van der Waals surface area contributed by atoms with Gasteiger partial charge in [0.1, 0.15) is 0 Å². The highest BCUT2D eigenvalue weighted by Crippen LogP contribution is 2.41. The van der Waals surface area contributed by atoms with Gasteiger partial charge in [0.2, 0.25) is 0 Å². The van der Waals surface area contributed by atoms with Crippen molar-refractivity contribution >= 4 is 11.7 Å². The summed E-state index contributed by atoms with van der Waals surface area (Å²) in [6.45, 7) is 2.07. The summed E-state index contributed by atoms with van der Waals surface area (Å²) >= 11 is 0. The van der Waals surface area contributed by atoms with Gasteiger partial charge in [-0.05, 0) is 25.8 Å². The van der Waals surface area contributed by atoms with Crippen molar-refractivity contribution in [1.82, 2.24) is 10.2 Å². The molecule has 0 bridgehead atoms. The molecule has 1 aromatic rings. The second kappa shape index (κ2) is 3.84. The zero-order chi connectivity index (χ0) is 10.8. The van der Waals surface area contributed by atoms with Gasteiger partial charge in [-0.2, -0.15) is 5.10 Å². The predicted molar refractivity (Wildman–Crippen MR) is 54.4 cm³/mol. The quantitative estimate of drug-likeness (QED) is 0.751. The van der Waals surface area contributed by atoms with E-state index >= 15 is 0 Å². The maximum Gasteiger partial charge on any atom is 0.358 e. The molecule has 1 aliphatic rings. The molecule has 15 heavy (non-hydrogen) atoms. The summed E-state index contributed by atoms with van der Waals surface area (Å²) in [5.41, 5.74) is 7.31. The van der Waals surface area contributed by atoms with Gasteiger partial charge in [0, 0.05) is 5.92 Å². The molecule has 5 heteroatoms. The molecule has 0 unspecified atom stereocenters. The van der Waals surface area contributed by atoms with Crippen LogP contribution in [-0.2, 0) is 4.74 Å². The number of carbonyl (C=O) groups excluding carboxylic acids is 1. The minimum absolute atomic E-state index is 0.179. The number of anilines is 1. The van der Waals surface area contributed by atoms with E-state index in [0.717, 1.165) is 18.5 Å². The zero-order valence-corrected chi connectivity index (χ0v) is 8.56. The van der Waals surface area contributed by atoms with Crippen LogP contribution in [0, 0.1) is 0 Å². The first kappa shape index (κ1) is 9.89. The Bertz CT molecular complexity index is 388. The van der Waals surface area contributed by atoms with E-state index in [2.05, 4.69) is 10.2 Å². The fourth-order valence-corrected chi connectivity index (χ4v) is 1.39. The number of aromatic nitrogens is 2. The Hall–Kier alpha value is -1.65. The van der Waals surface area contributed by atoms with Gasteiger partial charge in [0.25, 0.3) is 0 Å². The molecular formula is C10H13N3O2. The van der Waals surface area contributed by atoms with Crippen molar-refractivity contribution in [2.24, 2.45) is 0 Å². The molecule has 1 heterocycles. The van der Waals surface area contributed by atoms with E-state index in [0.29, 0.717) is 18.2 Å². The highest BCUT2D eigenvalue weighted by molar-refractivity contribution is 5.88. The van der Waals surface area contributed by atoms with Crippen molar-refractivity contribution in [2.75, 3.05) is 12.3 Å². The highest BCUT2D eigenvalue weighted by atomic mass is 16.5. The predicted octanol–water partition coefficient (Wildman–Crippen LogP) is 1.11. The molecule has 80 valence electrons. The molecule has 1 saturated carbocycles. The summed E-state index contributed by atoms with van der Waals surface area (Å²) in [4.78, 5) is 11.3. The third-order valence-electron chi connectivity index (χ3n) is 2.30. The van der Waals surface area contributed by atoms with Crippen LogP contribution in [0.15, 0.2) is 6.07 Å². The third kappa shape index (κ3) is 2.06. The molecule has 5 nitrogen and oxygen atoms in total. The van der Waals surface area contributed by atoms with E-state index in [9.17, 15) is 4.79 Å². The lowest BCUT2D eigenvalue weighted by molar-refractivity contribution is 0.0518. The average Bonchev–Trinajstić information content (AvgIpc) is 3.01. The molecule has 0 aromatic carbocycles. The Morgan fingerprint density at radius 1 is 1.60 bits per heavy atom. The van der Waals surface area contributed by atoms with Gasteiger partial charge in [-0.1, -0.05) is 0 Å². The molecule has 1 aromatic heterocycles. The Labute approximate surface area is 87.6 Å². The Morgan fingerprint density at radius 2 is 2.33 bits per heavy atom. The summed E-state index contributed by atoms with van der Waals surface area (Å²) < 4.78 is 4.80. The maximum absolute atomic E-state index is 11.3. The summed E-state index contributed by atoms with van der Waals surface area (Å²) in [7, 11) is 0. The number of nitrogen functional groups attached to an aromatic ring is 1. The standard InChI is InChI=1S/C10H13N3O2/c1-2-15-10(14)8-5-7(11)9(13-12-8)6-3-4-6/h5-6H,2-4H2,1H3,(H2,11,12). The first-order valence-electron chi connectivity index (χ1n) is 5.02. The molecule has 1 fully saturated rings. The molecule has 0 spiro atoms. The third-order valence-corrected chi connectivity index (χ3v) is 2.30. The topological polar surface area (TPSA) is 78.1 Å². The molecule has 0 amide bonds. The molecule has 0 radical (unpaired) electrons. The van der Waals surface area contributed by atoms with Gasteiger partial charge in [-0.3, -0.25) is 0 Å². The van der Waals surface area contributed by atoms with Crippen LogP contribution in [0.1, 0.15) is 41.9 Å². The van der Waals surface area contributed by atoms with Crippen LogP contribution in [0.25, 0.3) is 0 Å². The van der Waals surface area contributed by atoms with Crippen LogP contribution in [0.5, 0.6) is 0 Å². The average molecular weight is 207 g/mol. The lowest BCUT2D eigenvalue weighted by Gasteiger charge is -2.04. The van der Waals surface area contributed by atoms with Crippen molar-refractivity contribution in [2.45, 2.75) is 25.7 Å². The zero-order valence-electron chi connectivity index (χ0n) is 8.56. The van der Waals surface area contributed by atoms with Gasteiger partial charge in [0.15, 0.2) is 5.69 Å². The number of ether oxygens (including phenoxy) is 1. The first-order chi connectivity index (χ1) is 7.22. The number of esters is 1. The number of nitrogens with two attached hydrogens (primary N) is 1. The number of hydrogen-bond donors (Lipinski definition) is 1. The van der Waals surface area contributed by atoms with Gasteiger partial charge >= 0.3 is 5.97 Å². The van der Waals surface area contributed by atoms with E-state index < -0.39 is 5.97 Å². The molecule has 1 aliphatic carbocycles. The normalized spacial score (nSPS) is 15.0.